The highest BCUT2D eigenvalue weighted by molar-refractivity contribution is 5.31. The molecule has 0 radical (unpaired) electrons. The molecule has 1 heterocycles. The summed E-state index contributed by atoms with van der Waals surface area (Å²) in [5, 5.41) is 3.67. The zero-order valence-electron chi connectivity index (χ0n) is 12.9. The van der Waals surface area contributed by atoms with E-state index in [1.165, 1.54) is 38.5 Å². The van der Waals surface area contributed by atoms with Crippen LogP contribution in [0.4, 0.5) is 5.95 Å². The minimum absolute atomic E-state index is 0.528. The topological polar surface area (TPSA) is 29.9 Å². The Morgan fingerprint density at radius 3 is 2.53 bits per heavy atom. The molecule has 19 heavy (non-hydrogen) atoms. The second kappa shape index (κ2) is 6.44. The van der Waals surface area contributed by atoms with E-state index >= 15 is 0 Å². The van der Waals surface area contributed by atoms with Gasteiger partial charge in [-0.3, -0.25) is 0 Å². The fourth-order valence-corrected chi connectivity index (χ4v) is 3.38. The van der Waals surface area contributed by atoms with Crippen molar-refractivity contribution in [3.63, 3.8) is 0 Å². The quantitative estimate of drug-likeness (QED) is 0.816. The molecule has 3 heteroatoms. The zero-order chi connectivity index (χ0) is 13.8. The van der Waals surface area contributed by atoms with E-state index in [-0.39, 0.29) is 0 Å². The molecule has 1 aliphatic carbocycles. The largest absolute Gasteiger partial charge is 0.353 e. The molecule has 1 N–H and O–H groups in total. The molecule has 1 fully saturated rings. The average molecular weight is 263 g/mol. The van der Waals surface area contributed by atoms with Gasteiger partial charge in [0.1, 0.15) is 0 Å². The molecule has 1 saturated carbocycles. The Labute approximate surface area is 117 Å². The van der Waals surface area contributed by atoms with Crippen molar-refractivity contribution in [3.05, 3.63) is 11.9 Å². The minimum atomic E-state index is 0.528. The molecular formula is C16H29N3. The first-order valence-electron chi connectivity index (χ1n) is 7.97. The molecule has 1 unspecified atom stereocenters. The first kappa shape index (κ1) is 14.4. The molecule has 1 aromatic heterocycles. The van der Waals surface area contributed by atoms with Crippen molar-refractivity contribution in [1.82, 2.24) is 9.55 Å². The first-order chi connectivity index (χ1) is 9.15. The van der Waals surface area contributed by atoms with E-state index in [2.05, 4.69) is 43.8 Å². The van der Waals surface area contributed by atoms with Crippen molar-refractivity contribution in [3.8, 4) is 0 Å². The summed E-state index contributed by atoms with van der Waals surface area (Å²) in [5.74, 6) is 1.82. The van der Waals surface area contributed by atoms with Gasteiger partial charge in [0.05, 0.1) is 5.69 Å². The van der Waals surface area contributed by atoms with Crippen LogP contribution >= 0.6 is 0 Å². The summed E-state index contributed by atoms with van der Waals surface area (Å²) >= 11 is 0. The number of imidazole rings is 1. The molecule has 0 spiro atoms. The SMILES string of the molecule is CCC(CC)C(C)n1cc(C)nc1NC1CCCC1. The lowest BCUT2D eigenvalue weighted by Crippen LogP contribution is -2.22. The molecule has 0 amide bonds. The first-order valence-corrected chi connectivity index (χ1v) is 7.97. The van der Waals surface area contributed by atoms with E-state index < -0.39 is 0 Å². The molecular weight excluding hydrogens is 234 g/mol. The molecule has 2 rings (SSSR count). The van der Waals surface area contributed by atoms with Crippen molar-refractivity contribution in [2.45, 2.75) is 78.3 Å². The summed E-state index contributed by atoms with van der Waals surface area (Å²) in [6.45, 7) is 9.01. The smallest absolute Gasteiger partial charge is 0.203 e. The van der Waals surface area contributed by atoms with Gasteiger partial charge in [0, 0.05) is 18.3 Å². The molecule has 0 bridgehead atoms. The van der Waals surface area contributed by atoms with E-state index in [4.69, 9.17) is 4.98 Å². The Kier molecular flexibility index (Phi) is 4.89. The third-order valence-electron chi connectivity index (χ3n) is 4.71. The number of hydrogen-bond donors (Lipinski definition) is 1. The van der Waals surface area contributed by atoms with Crippen molar-refractivity contribution in [2.24, 2.45) is 5.92 Å². The van der Waals surface area contributed by atoms with Gasteiger partial charge in [-0.15, -0.1) is 0 Å². The average Bonchev–Trinajstić information content (AvgIpc) is 3.01. The molecule has 0 aromatic carbocycles. The van der Waals surface area contributed by atoms with Crippen LogP contribution in [0.1, 0.15) is 71.0 Å². The van der Waals surface area contributed by atoms with Crippen LogP contribution < -0.4 is 5.32 Å². The van der Waals surface area contributed by atoms with Crippen LogP contribution in [0.3, 0.4) is 0 Å². The van der Waals surface area contributed by atoms with Crippen LogP contribution in [0.25, 0.3) is 0 Å². The van der Waals surface area contributed by atoms with Crippen LogP contribution in [-0.4, -0.2) is 15.6 Å². The van der Waals surface area contributed by atoms with Gasteiger partial charge in [0.2, 0.25) is 5.95 Å². The van der Waals surface area contributed by atoms with Crippen molar-refractivity contribution in [1.29, 1.82) is 0 Å². The van der Waals surface area contributed by atoms with Gasteiger partial charge in [-0.25, -0.2) is 4.98 Å². The van der Waals surface area contributed by atoms with Gasteiger partial charge in [0.15, 0.2) is 0 Å². The van der Waals surface area contributed by atoms with Crippen molar-refractivity contribution >= 4 is 5.95 Å². The Hall–Kier alpha value is -0.990. The van der Waals surface area contributed by atoms with E-state index in [0.717, 1.165) is 17.6 Å². The summed E-state index contributed by atoms with van der Waals surface area (Å²) in [5.41, 5.74) is 1.12. The summed E-state index contributed by atoms with van der Waals surface area (Å²) in [4.78, 5) is 4.70. The highest BCUT2D eigenvalue weighted by Gasteiger charge is 2.21. The van der Waals surface area contributed by atoms with Gasteiger partial charge in [-0.1, -0.05) is 39.5 Å². The summed E-state index contributed by atoms with van der Waals surface area (Å²) in [6.07, 6.45) is 9.99. The Bertz CT molecular complexity index is 387. The number of rotatable bonds is 6. The summed E-state index contributed by atoms with van der Waals surface area (Å²) in [6, 6.07) is 1.16. The van der Waals surface area contributed by atoms with Gasteiger partial charge in [-0.2, -0.15) is 0 Å². The second-order valence-electron chi connectivity index (χ2n) is 6.06. The highest BCUT2D eigenvalue weighted by atomic mass is 15.2. The fraction of sp³-hybridized carbons (Fsp3) is 0.812. The minimum Gasteiger partial charge on any atom is -0.353 e. The van der Waals surface area contributed by atoms with Gasteiger partial charge in [-0.05, 0) is 32.6 Å². The van der Waals surface area contributed by atoms with Gasteiger partial charge >= 0.3 is 0 Å². The third kappa shape index (κ3) is 3.31. The molecule has 1 atom stereocenters. The maximum absolute atomic E-state index is 4.70. The Morgan fingerprint density at radius 2 is 1.95 bits per heavy atom. The van der Waals surface area contributed by atoms with Crippen LogP contribution in [-0.2, 0) is 0 Å². The normalized spacial score (nSPS) is 18.2. The molecule has 108 valence electrons. The highest BCUT2D eigenvalue weighted by Crippen LogP contribution is 2.29. The second-order valence-corrected chi connectivity index (χ2v) is 6.06. The number of nitrogens with one attached hydrogen (secondary N) is 1. The van der Waals surface area contributed by atoms with Gasteiger partial charge in [0.25, 0.3) is 0 Å². The maximum Gasteiger partial charge on any atom is 0.203 e. The molecule has 0 saturated heterocycles. The van der Waals surface area contributed by atoms with Crippen LogP contribution in [0.15, 0.2) is 6.20 Å². The predicted octanol–water partition coefficient (Wildman–Crippen LogP) is 4.54. The van der Waals surface area contributed by atoms with Crippen LogP contribution in [0, 0.1) is 12.8 Å². The number of nitrogens with zero attached hydrogens (tertiary/aromatic N) is 2. The number of hydrogen-bond acceptors (Lipinski definition) is 2. The fourth-order valence-electron chi connectivity index (χ4n) is 3.38. The molecule has 1 aliphatic rings. The Morgan fingerprint density at radius 1 is 1.32 bits per heavy atom. The van der Waals surface area contributed by atoms with E-state index in [9.17, 15) is 0 Å². The zero-order valence-corrected chi connectivity index (χ0v) is 12.9. The lowest BCUT2D eigenvalue weighted by molar-refractivity contribution is 0.335. The Balaban J connectivity index is 2.14. The van der Waals surface area contributed by atoms with Crippen LogP contribution in [0.5, 0.6) is 0 Å². The number of aryl methyl sites for hydroxylation is 1. The summed E-state index contributed by atoms with van der Waals surface area (Å²) < 4.78 is 2.37. The van der Waals surface area contributed by atoms with E-state index in [0.29, 0.717) is 12.1 Å². The van der Waals surface area contributed by atoms with Crippen molar-refractivity contribution in [2.75, 3.05) is 5.32 Å². The van der Waals surface area contributed by atoms with Crippen molar-refractivity contribution < 1.29 is 0 Å². The number of aromatic nitrogens is 2. The number of anilines is 1. The standard InChI is InChI=1S/C16H29N3/c1-5-14(6-2)13(4)19-11-12(3)17-16(19)18-15-9-7-8-10-15/h11,13-15H,5-10H2,1-4H3,(H,17,18). The lowest BCUT2D eigenvalue weighted by Gasteiger charge is -2.25. The molecule has 1 aromatic rings. The predicted molar refractivity (Wildman–Crippen MR) is 81.6 cm³/mol. The van der Waals surface area contributed by atoms with E-state index in [1.807, 2.05) is 0 Å². The third-order valence-corrected chi connectivity index (χ3v) is 4.71. The van der Waals surface area contributed by atoms with E-state index in [1.54, 1.807) is 0 Å². The maximum atomic E-state index is 4.70. The lowest BCUT2D eigenvalue weighted by atomic mass is 9.95. The monoisotopic (exact) mass is 263 g/mol. The molecule has 3 nitrogen and oxygen atoms in total. The summed E-state index contributed by atoms with van der Waals surface area (Å²) in [7, 11) is 0. The molecule has 0 aliphatic heterocycles. The van der Waals surface area contributed by atoms with Crippen LogP contribution in [0.2, 0.25) is 0 Å². The van der Waals surface area contributed by atoms with Gasteiger partial charge < -0.3 is 9.88 Å².